The normalized spacial score (nSPS) is 10.7. The summed E-state index contributed by atoms with van der Waals surface area (Å²) in [6.45, 7) is 4.23. The Balaban J connectivity index is 1.79. The molecule has 0 unspecified atom stereocenters. The van der Waals surface area contributed by atoms with Crippen molar-refractivity contribution in [2.24, 2.45) is 0 Å². The van der Waals surface area contributed by atoms with E-state index < -0.39 is 0 Å². The standard InChI is InChI=1S/C19H15BrS/c1-14(13-15-9-11-17(20)12-10-15)21-19-8-4-6-16-5-2-3-7-18(16)19/h2-12H,1,13H2. The molecule has 0 aromatic heterocycles. The van der Waals surface area contributed by atoms with E-state index in [1.165, 1.54) is 21.2 Å². The molecule has 2 heteroatoms. The molecule has 0 nitrogen and oxygen atoms in total. The Kier molecular flexibility index (Phi) is 4.47. The van der Waals surface area contributed by atoms with Crippen molar-refractivity contribution in [1.29, 1.82) is 0 Å². The van der Waals surface area contributed by atoms with E-state index in [1.807, 2.05) is 0 Å². The van der Waals surface area contributed by atoms with Gasteiger partial charge in [-0.25, -0.2) is 0 Å². The maximum absolute atomic E-state index is 4.23. The van der Waals surface area contributed by atoms with Crippen LogP contribution in [-0.4, -0.2) is 0 Å². The van der Waals surface area contributed by atoms with Crippen molar-refractivity contribution in [3.05, 3.63) is 88.3 Å². The van der Waals surface area contributed by atoms with Gasteiger partial charge in [-0.3, -0.25) is 0 Å². The van der Waals surface area contributed by atoms with Crippen molar-refractivity contribution in [1.82, 2.24) is 0 Å². The van der Waals surface area contributed by atoms with Gasteiger partial charge in [0.1, 0.15) is 0 Å². The number of benzene rings is 3. The van der Waals surface area contributed by atoms with Gasteiger partial charge >= 0.3 is 0 Å². The molecule has 0 aliphatic heterocycles. The molecule has 0 atom stereocenters. The quantitative estimate of drug-likeness (QED) is 0.485. The number of hydrogen-bond donors (Lipinski definition) is 0. The van der Waals surface area contributed by atoms with Crippen molar-refractivity contribution in [2.45, 2.75) is 11.3 Å². The third kappa shape index (κ3) is 3.58. The van der Waals surface area contributed by atoms with E-state index in [4.69, 9.17) is 0 Å². The van der Waals surface area contributed by atoms with E-state index in [1.54, 1.807) is 11.8 Å². The molecule has 0 amide bonds. The van der Waals surface area contributed by atoms with Gasteiger partial charge in [-0.05, 0) is 39.4 Å². The molecule has 0 aliphatic carbocycles. The average Bonchev–Trinajstić information content (AvgIpc) is 2.50. The molecule has 0 fully saturated rings. The fourth-order valence-electron chi connectivity index (χ4n) is 2.31. The van der Waals surface area contributed by atoms with Gasteiger partial charge in [-0.15, -0.1) is 0 Å². The van der Waals surface area contributed by atoms with Gasteiger partial charge in [-0.1, -0.05) is 82.8 Å². The second-order valence-corrected chi connectivity index (χ2v) is 7.06. The lowest BCUT2D eigenvalue weighted by atomic mass is 10.1. The number of fused-ring (bicyclic) bond motifs is 1. The fourth-order valence-corrected chi connectivity index (χ4v) is 3.56. The number of hydrogen-bond acceptors (Lipinski definition) is 1. The third-order valence-corrected chi connectivity index (χ3v) is 4.86. The maximum atomic E-state index is 4.23. The highest BCUT2D eigenvalue weighted by molar-refractivity contribution is 9.10. The highest BCUT2D eigenvalue weighted by Crippen LogP contribution is 2.33. The number of halogens is 1. The first-order valence-electron chi connectivity index (χ1n) is 6.80. The number of allylic oxidation sites excluding steroid dienone is 1. The van der Waals surface area contributed by atoms with Crippen LogP contribution in [0, 0.1) is 0 Å². The van der Waals surface area contributed by atoms with E-state index in [-0.39, 0.29) is 0 Å². The van der Waals surface area contributed by atoms with Crippen LogP contribution in [0.2, 0.25) is 0 Å². The highest BCUT2D eigenvalue weighted by atomic mass is 79.9. The monoisotopic (exact) mass is 354 g/mol. The molecule has 21 heavy (non-hydrogen) atoms. The number of rotatable bonds is 4. The van der Waals surface area contributed by atoms with Crippen molar-refractivity contribution in [2.75, 3.05) is 0 Å². The number of thioether (sulfide) groups is 1. The molecule has 0 N–H and O–H groups in total. The molecule has 3 rings (SSSR count). The van der Waals surface area contributed by atoms with E-state index >= 15 is 0 Å². The molecule has 104 valence electrons. The minimum atomic E-state index is 0.890. The molecule has 0 radical (unpaired) electrons. The maximum Gasteiger partial charge on any atom is 0.0197 e. The van der Waals surface area contributed by atoms with Crippen molar-refractivity contribution in [3.63, 3.8) is 0 Å². The minimum Gasteiger partial charge on any atom is -0.0942 e. The summed E-state index contributed by atoms with van der Waals surface area (Å²) in [5, 5.41) is 2.57. The molecule has 0 spiro atoms. The molecule has 0 aliphatic rings. The van der Waals surface area contributed by atoms with Gasteiger partial charge in [0.05, 0.1) is 0 Å². The Bertz CT molecular complexity index is 770. The SMILES string of the molecule is C=C(Cc1ccc(Br)cc1)Sc1cccc2ccccc12. The summed E-state index contributed by atoms with van der Waals surface area (Å²) in [6, 6.07) is 23.3. The third-order valence-electron chi connectivity index (χ3n) is 3.32. The molecule has 3 aromatic carbocycles. The summed E-state index contributed by atoms with van der Waals surface area (Å²) in [5.41, 5.74) is 1.29. The second-order valence-electron chi connectivity index (χ2n) is 4.92. The van der Waals surface area contributed by atoms with Crippen LogP contribution >= 0.6 is 27.7 Å². The first kappa shape index (κ1) is 14.4. The van der Waals surface area contributed by atoms with Crippen LogP contribution in [0.1, 0.15) is 5.56 Å². The average molecular weight is 355 g/mol. The summed E-state index contributed by atoms with van der Waals surface area (Å²) in [6.07, 6.45) is 0.890. The van der Waals surface area contributed by atoms with Crippen LogP contribution in [0.5, 0.6) is 0 Å². The fraction of sp³-hybridized carbons (Fsp3) is 0.0526. The largest absolute Gasteiger partial charge is 0.0942 e. The van der Waals surface area contributed by atoms with Crippen molar-refractivity contribution < 1.29 is 0 Å². The Morgan fingerprint density at radius 1 is 0.905 bits per heavy atom. The van der Waals surface area contributed by atoms with Gasteiger partial charge in [0, 0.05) is 15.8 Å². The van der Waals surface area contributed by atoms with E-state index in [0.29, 0.717) is 0 Å². The van der Waals surface area contributed by atoms with Crippen molar-refractivity contribution in [3.8, 4) is 0 Å². The smallest absolute Gasteiger partial charge is 0.0197 e. The summed E-state index contributed by atoms with van der Waals surface area (Å²) in [4.78, 5) is 2.43. The molecular formula is C19H15BrS. The Labute approximate surface area is 138 Å². The van der Waals surface area contributed by atoms with Crippen LogP contribution in [0.25, 0.3) is 10.8 Å². The van der Waals surface area contributed by atoms with E-state index in [2.05, 4.69) is 89.2 Å². The highest BCUT2D eigenvalue weighted by Gasteiger charge is 2.04. The van der Waals surface area contributed by atoms with Gasteiger partial charge in [0.15, 0.2) is 0 Å². The lowest BCUT2D eigenvalue weighted by Crippen LogP contribution is -1.86. The predicted octanol–water partition coefficient (Wildman–Crippen LogP) is 6.45. The van der Waals surface area contributed by atoms with Crippen LogP contribution in [-0.2, 0) is 6.42 Å². The summed E-state index contributed by atoms with van der Waals surface area (Å²) < 4.78 is 1.11. The lowest BCUT2D eigenvalue weighted by molar-refractivity contribution is 1.25. The van der Waals surface area contributed by atoms with Gasteiger partial charge < -0.3 is 0 Å². The van der Waals surface area contributed by atoms with Crippen LogP contribution in [0.4, 0.5) is 0 Å². The second kappa shape index (κ2) is 6.50. The summed E-state index contributed by atoms with van der Waals surface area (Å²) >= 11 is 5.23. The molecule has 3 aromatic rings. The molecule has 0 heterocycles. The zero-order valence-electron chi connectivity index (χ0n) is 11.6. The zero-order valence-corrected chi connectivity index (χ0v) is 14.0. The van der Waals surface area contributed by atoms with Crippen LogP contribution < -0.4 is 0 Å². The topological polar surface area (TPSA) is 0 Å². The Hall–Kier alpha value is -1.51. The van der Waals surface area contributed by atoms with E-state index in [9.17, 15) is 0 Å². The molecule has 0 bridgehead atoms. The van der Waals surface area contributed by atoms with E-state index in [0.717, 1.165) is 15.8 Å². The summed E-state index contributed by atoms with van der Waals surface area (Å²) in [7, 11) is 0. The van der Waals surface area contributed by atoms with Crippen molar-refractivity contribution >= 4 is 38.5 Å². The van der Waals surface area contributed by atoms with Gasteiger partial charge in [0.2, 0.25) is 0 Å². The minimum absolute atomic E-state index is 0.890. The van der Waals surface area contributed by atoms with Gasteiger partial charge in [-0.2, -0.15) is 0 Å². The van der Waals surface area contributed by atoms with Crippen LogP contribution in [0.3, 0.4) is 0 Å². The first-order chi connectivity index (χ1) is 10.2. The molecule has 0 saturated carbocycles. The zero-order chi connectivity index (χ0) is 14.7. The molecular weight excluding hydrogens is 340 g/mol. The molecule has 0 saturated heterocycles. The first-order valence-corrected chi connectivity index (χ1v) is 8.41. The summed E-state index contributed by atoms with van der Waals surface area (Å²) in [5.74, 6) is 0. The lowest BCUT2D eigenvalue weighted by Gasteiger charge is -2.09. The Morgan fingerprint density at radius 3 is 2.43 bits per heavy atom. The van der Waals surface area contributed by atoms with Gasteiger partial charge in [0.25, 0.3) is 0 Å². The van der Waals surface area contributed by atoms with Crippen LogP contribution in [0.15, 0.2) is 87.6 Å². The predicted molar refractivity (Wildman–Crippen MR) is 96.8 cm³/mol. The Morgan fingerprint density at radius 2 is 1.62 bits per heavy atom.